The van der Waals surface area contributed by atoms with E-state index in [1.807, 2.05) is 18.2 Å². The minimum Gasteiger partial charge on any atom is -0.505 e. The maximum atomic E-state index is 9.84. The number of ether oxygens (including phenoxy) is 1. The van der Waals surface area contributed by atoms with Gasteiger partial charge in [0.2, 0.25) is 5.39 Å². The third-order valence-electron chi connectivity index (χ3n) is 3.67. The first-order valence-electron chi connectivity index (χ1n) is 6.25. The third kappa shape index (κ3) is 2.45. The van der Waals surface area contributed by atoms with Gasteiger partial charge in [0, 0.05) is 5.92 Å². The van der Waals surface area contributed by atoms with Crippen molar-refractivity contribution in [2.24, 2.45) is 5.92 Å². The van der Waals surface area contributed by atoms with E-state index >= 15 is 0 Å². The van der Waals surface area contributed by atoms with Crippen LogP contribution in [0.3, 0.4) is 0 Å². The summed E-state index contributed by atoms with van der Waals surface area (Å²) in [7, 11) is 1.64. The molecule has 1 aliphatic rings. The smallest absolute Gasteiger partial charge is 0.387 e. The Kier molecular flexibility index (Phi) is 3.86. The van der Waals surface area contributed by atoms with Crippen LogP contribution < -0.4 is 4.74 Å². The zero-order valence-electron chi connectivity index (χ0n) is 11.0. The highest BCUT2D eigenvalue weighted by atomic mass is 16.5. The molecule has 1 atom stereocenters. The summed E-state index contributed by atoms with van der Waals surface area (Å²) in [6.45, 7) is 3.83. The molecule has 0 saturated heterocycles. The number of aliphatic hydroxyl groups excluding tert-OH is 1. The Balaban J connectivity index is 2.41. The summed E-state index contributed by atoms with van der Waals surface area (Å²) in [5, 5.41) is 18.3. The zero-order chi connectivity index (χ0) is 13.8. The fourth-order valence-corrected chi connectivity index (χ4v) is 2.68. The van der Waals surface area contributed by atoms with Gasteiger partial charge in [0.05, 0.1) is 7.11 Å². The highest BCUT2D eigenvalue weighted by Gasteiger charge is 2.27. The normalized spacial score (nSPS) is 18.3. The van der Waals surface area contributed by atoms with Crippen molar-refractivity contribution >= 4 is 6.08 Å². The number of hydrogen-bond acceptors (Lipinski definition) is 3. The first-order chi connectivity index (χ1) is 9.21. The number of rotatable bonds is 3. The average Bonchev–Trinajstić information content (AvgIpc) is 2.45. The predicted molar refractivity (Wildman–Crippen MR) is 74.4 cm³/mol. The molecule has 1 aromatic rings. The quantitative estimate of drug-likeness (QED) is 0.663. The average molecular weight is 257 g/mol. The summed E-state index contributed by atoms with van der Waals surface area (Å²) < 4.78 is 5.39. The molecule has 4 heteroatoms. The molecule has 98 valence electrons. The SMILES string of the molecule is C=Cc1ccc(OC)c2c1CCC(/C(O)=C\[N+]#N)C2. The lowest BCUT2D eigenvalue weighted by Gasteiger charge is -2.26. The Bertz CT molecular complexity index is 570. The van der Waals surface area contributed by atoms with E-state index in [4.69, 9.17) is 10.1 Å². The highest BCUT2D eigenvalue weighted by Crippen LogP contribution is 2.36. The lowest BCUT2D eigenvalue weighted by molar-refractivity contribution is 0.306. The maximum absolute atomic E-state index is 9.84. The summed E-state index contributed by atoms with van der Waals surface area (Å²) >= 11 is 0. The van der Waals surface area contributed by atoms with E-state index in [9.17, 15) is 5.11 Å². The van der Waals surface area contributed by atoms with E-state index in [1.54, 1.807) is 7.11 Å². The van der Waals surface area contributed by atoms with Gasteiger partial charge in [-0.2, -0.15) is 0 Å². The number of benzene rings is 1. The maximum Gasteiger partial charge on any atom is 0.387 e. The molecule has 0 fully saturated rings. The summed E-state index contributed by atoms with van der Waals surface area (Å²) in [5.41, 5.74) is 3.46. The highest BCUT2D eigenvalue weighted by molar-refractivity contribution is 5.59. The van der Waals surface area contributed by atoms with Crippen LogP contribution >= 0.6 is 0 Å². The molecule has 0 saturated carbocycles. The predicted octanol–water partition coefficient (Wildman–Crippen LogP) is 3.70. The minimum atomic E-state index is -0.0302. The minimum absolute atomic E-state index is 0.0302. The molecule has 0 heterocycles. The van der Waals surface area contributed by atoms with Gasteiger partial charge in [-0.25, -0.2) is 0 Å². The monoisotopic (exact) mass is 257 g/mol. The van der Waals surface area contributed by atoms with Gasteiger partial charge in [-0.3, -0.25) is 0 Å². The third-order valence-corrected chi connectivity index (χ3v) is 3.67. The fraction of sp³-hybridized carbons (Fsp3) is 0.333. The second-order valence-corrected chi connectivity index (χ2v) is 4.63. The molecule has 0 radical (unpaired) electrons. The van der Waals surface area contributed by atoms with Crippen molar-refractivity contribution in [3.05, 3.63) is 52.3 Å². The fourth-order valence-electron chi connectivity index (χ4n) is 2.68. The Morgan fingerprint density at radius 1 is 1.53 bits per heavy atom. The van der Waals surface area contributed by atoms with Crippen molar-refractivity contribution in [3.8, 4) is 5.75 Å². The molecular weight excluding hydrogens is 240 g/mol. The second kappa shape index (κ2) is 5.57. The van der Waals surface area contributed by atoms with E-state index in [1.165, 1.54) is 5.56 Å². The van der Waals surface area contributed by atoms with Crippen LogP contribution in [0.25, 0.3) is 11.1 Å². The van der Waals surface area contributed by atoms with Gasteiger partial charge in [-0.1, -0.05) is 18.7 Å². The van der Waals surface area contributed by atoms with Crippen molar-refractivity contribution in [3.63, 3.8) is 0 Å². The van der Waals surface area contributed by atoms with E-state index in [0.29, 0.717) is 6.42 Å². The van der Waals surface area contributed by atoms with Crippen molar-refractivity contribution in [2.75, 3.05) is 7.11 Å². The zero-order valence-corrected chi connectivity index (χ0v) is 11.0. The van der Waals surface area contributed by atoms with Crippen LogP contribution in [0.1, 0.15) is 23.1 Å². The van der Waals surface area contributed by atoms with E-state index in [-0.39, 0.29) is 11.7 Å². The molecule has 1 N–H and O–H groups in total. The van der Waals surface area contributed by atoms with Crippen molar-refractivity contribution in [2.45, 2.75) is 19.3 Å². The summed E-state index contributed by atoms with van der Waals surface area (Å²) in [6, 6.07) is 3.93. The molecule has 1 aliphatic carbocycles. The molecule has 0 aliphatic heterocycles. The molecule has 1 unspecified atom stereocenters. The lowest BCUT2D eigenvalue weighted by Crippen LogP contribution is -2.18. The molecule has 0 amide bonds. The Hall–Kier alpha value is -2.28. The van der Waals surface area contributed by atoms with Crippen molar-refractivity contribution in [1.82, 2.24) is 0 Å². The van der Waals surface area contributed by atoms with Crippen LogP contribution in [-0.2, 0) is 12.8 Å². The van der Waals surface area contributed by atoms with Crippen LogP contribution in [-0.4, -0.2) is 12.2 Å². The largest absolute Gasteiger partial charge is 0.505 e. The Labute approximate surface area is 112 Å². The van der Waals surface area contributed by atoms with E-state index < -0.39 is 0 Å². The summed E-state index contributed by atoms with van der Waals surface area (Å²) in [6.07, 6.45) is 5.29. The number of methoxy groups -OCH3 is 1. The van der Waals surface area contributed by atoms with Gasteiger partial charge in [0.25, 0.3) is 0 Å². The van der Waals surface area contributed by atoms with E-state index in [2.05, 4.69) is 11.6 Å². The number of fused-ring (bicyclic) bond motifs is 1. The van der Waals surface area contributed by atoms with Gasteiger partial charge in [0.1, 0.15) is 5.75 Å². The first-order valence-corrected chi connectivity index (χ1v) is 6.25. The molecule has 19 heavy (non-hydrogen) atoms. The van der Waals surface area contributed by atoms with Gasteiger partial charge >= 0.3 is 6.20 Å². The summed E-state index contributed by atoms with van der Waals surface area (Å²) in [5.74, 6) is 0.913. The van der Waals surface area contributed by atoms with Crippen molar-refractivity contribution in [1.29, 1.82) is 5.39 Å². The molecule has 0 aromatic heterocycles. The Morgan fingerprint density at radius 2 is 2.32 bits per heavy atom. The van der Waals surface area contributed by atoms with Crippen LogP contribution in [0.4, 0.5) is 0 Å². The number of nitrogens with zero attached hydrogens (tertiary/aromatic N) is 2. The number of diazo groups is 1. The molecule has 1 aromatic carbocycles. The van der Waals surface area contributed by atoms with Crippen LogP contribution in [0.15, 0.2) is 30.7 Å². The van der Waals surface area contributed by atoms with E-state index in [0.717, 1.165) is 35.9 Å². The van der Waals surface area contributed by atoms with Gasteiger partial charge in [0.15, 0.2) is 10.7 Å². The molecule has 2 rings (SSSR count). The molecular formula is C15H17N2O2+. The standard InChI is InChI=1S/C15H16N2O2/c1-3-10-5-7-15(19-2)13-8-11(4-6-12(10)13)14(18)9-17-16/h3,5,7,9,11H,1,4,6,8H2,2H3/p+1/b14-9+. The Morgan fingerprint density at radius 3 is 2.95 bits per heavy atom. The van der Waals surface area contributed by atoms with Crippen molar-refractivity contribution < 1.29 is 9.84 Å². The topological polar surface area (TPSA) is 57.6 Å². The van der Waals surface area contributed by atoms with Gasteiger partial charge in [-0.05, 0) is 42.0 Å². The first kappa shape index (κ1) is 13.2. The molecule has 4 nitrogen and oxygen atoms in total. The number of allylic oxidation sites excluding steroid dienone is 1. The molecule has 0 spiro atoms. The lowest BCUT2D eigenvalue weighted by atomic mass is 9.80. The van der Waals surface area contributed by atoms with Gasteiger partial charge in [-0.15, -0.1) is 0 Å². The summed E-state index contributed by atoms with van der Waals surface area (Å²) in [4.78, 5) is 2.88. The van der Waals surface area contributed by atoms with Crippen LogP contribution in [0.2, 0.25) is 0 Å². The second-order valence-electron chi connectivity index (χ2n) is 4.63. The van der Waals surface area contributed by atoms with Gasteiger partial charge < -0.3 is 9.84 Å². The molecule has 0 bridgehead atoms. The van der Waals surface area contributed by atoms with Crippen LogP contribution in [0.5, 0.6) is 5.75 Å². The number of hydrogen-bond donors (Lipinski definition) is 1. The number of aliphatic hydroxyl groups is 1. The van der Waals surface area contributed by atoms with Crippen LogP contribution in [0, 0.1) is 11.3 Å².